The summed E-state index contributed by atoms with van der Waals surface area (Å²) in [6, 6.07) is 3.39. The molecule has 20 heavy (non-hydrogen) atoms. The summed E-state index contributed by atoms with van der Waals surface area (Å²) in [6.07, 6.45) is -4.70. The van der Waals surface area contributed by atoms with E-state index in [1.807, 2.05) is 0 Å². The Morgan fingerprint density at radius 3 is 2.40 bits per heavy atom. The quantitative estimate of drug-likeness (QED) is 0.731. The summed E-state index contributed by atoms with van der Waals surface area (Å²) in [5.41, 5.74) is -0.417. The highest BCUT2D eigenvalue weighted by Crippen LogP contribution is 2.20. The molecule has 0 saturated carbocycles. The fraction of sp³-hybridized carbons (Fsp3) is 0.222. The molecule has 0 fully saturated rings. The van der Waals surface area contributed by atoms with E-state index in [1.165, 1.54) is 16.9 Å². The van der Waals surface area contributed by atoms with Crippen molar-refractivity contribution in [2.75, 3.05) is 11.3 Å². The van der Waals surface area contributed by atoms with Gasteiger partial charge in [-0.05, 0) is 18.2 Å². The number of alkyl halides is 3. The van der Waals surface area contributed by atoms with Crippen molar-refractivity contribution < 1.29 is 31.5 Å². The number of nitrogens with one attached hydrogen (secondary N) is 2. The minimum atomic E-state index is -4.70. The highest BCUT2D eigenvalue weighted by atomic mass is 79.9. The minimum Gasteiger partial charge on any atom is -0.478 e. The standard InChI is InChI=1S/C9H8BrF3N2O4S/c10-6-1-5(8(16)17)2-7(3-6)15-20(18,19)14-4-9(11,12)13/h1-3,14-15H,4H2,(H,16,17). The third-order valence-corrected chi connectivity index (χ3v) is 3.35. The maximum atomic E-state index is 11.9. The summed E-state index contributed by atoms with van der Waals surface area (Å²) in [5, 5.41) is 8.78. The lowest BCUT2D eigenvalue weighted by molar-refractivity contribution is -0.121. The molecule has 0 atom stereocenters. The molecule has 0 bridgehead atoms. The molecular weight excluding hydrogens is 369 g/mol. The summed E-state index contributed by atoms with van der Waals surface area (Å²) < 4.78 is 61.8. The van der Waals surface area contributed by atoms with E-state index in [0.717, 1.165) is 6.07 Å². The van der Waals surface area contributed by atoms with E-state index >= 15 is 0 Å². The van der Waals surface area contributed by atoms with Crippen molar-refractivity contribution in [3.63, 3.8) is 0 Å². The first-order valence-corrected chi connectivity index (χ1v) is 7.14. The van der Waals surface area contributed by atoms with Gasteiger partial charge in [-0.15, -0.1) is 0 Å². The molecule has 0 saturated heterocycles. The van der Waals surface area contributed by atoms with Crippen LogP contribution in [-0.4, -0.2) is 32.2 Å². The lowest BCUT2D eigenvalue weighted by Crippen LogP contribution is -2.37. The number of halogens is 4. The topological polar surface area (TPSA) is 95.5 Å². The molecule has 112 valence electrons. The molecule has 3 N–H and O–H groups in total. The molecule has 0 aliphatic carbocycles. The number of anilines is 1. The van der Waals surface area contributed by atoms with Gasteiger partial charge in [0.2, 0.25) is 0 Å². The Morgan fingerprint density at radius 2 is 1.90 bits per heavy atom. The van der Waals surface area contributed by atoms with Crippen LogP contribution in [0.2, 0.25) is 0 Å². The Kier molecular flexibility index (Phi) is 5.00. The van der Waals surface area contributed by atoms with Crippen LogP contribution in [0.4, 0.5) is 18.9 Å². The van der Waals surface area contributed by atoms with Crippen LogP contribution >= 0.6 is 15.9 Å². The average Bonchev–Trinajstić information content (AvgIpc) is 2.24. The largest absolute Gasteiger partial charge is 0.478 e. The smallest absolute Gasteiger partial charge is 0.402 e. The van der Waals surface area contributed by atoms with E-state index in [0.29, 0.717) is 0 Å². The van der Waals surface area contributed by atoms with Gasteiger partial charge in [-0.2, -0.15) is 26.3 Å². The van der Waals surface area contributed by atoms with Gasteiger partial charge in [0.1, 0.15) is 6.54 Å². The first kappa shape index (κ1) is 16.7. The highest BCUT2D eigenvalue weighted by molar-refractivity contribution is 9.10. The maximum Gasteiger partial charge on any atom is 0.402 e. The summed E-state index contributed by atoms with van der Waals surface area (Å²) in [7, 11) is -4.46. The molecule has 0 radical (unpaired) electrons. The van der Waals surface area contributed by atoms with Gasteiger partial charge in [0.25, 0.3) is 10.2 Å². The second-order valence-corrected chi connectivity index (χ2v) is 5.99. The zero-order valence-corrected chi connectivity index (χ0v) is 11.9. The van der Waals surface area contributed by atoms with Gasteiger partial charge >= 0.3 is 12.1 Å². The second-order valence-electron chi connectivity index (χ2n) is 3.58. The Balaban J connectivity index is 2.90. The van der Waals surface area contributed by atoms with Crippen LogP contribution in [0.3, 0.4) is 0 Å². The molecule has 1 aromatic rings. The van der Waals surface area contributed by atoms with Gasteiger partial charge in [-0.25, -0.2) is 4.79 Å². The number of rotatable bonds is 5. The van der Waals surface area contributed by atoms with Crippen LogP contribution < -0.4 is 9.44 Å². The number of aromatic carboxylic acids is 1. The second kappa shape index (κ2) is 5.97. The lowest BCUT2D eigenvalue weighted by atomic mass is 10.2. The molecule has 11 heteroatoms. The number of carboxylic acid groups (broad SMARTS) is 1. The third-order valence-electron chi connectivity index (χ3n) is 1.86. The van der Waals surface area contributed by atoms with Crippen LogP contribution in [-0.2, 0) is 10.2 Å². The van der Waals surface area contributed by atoms with Gasteiger partial charge in [0.15, 0.2) is 0 Å². The molecule has 1 aromatic carbocycles. The monoisotopic (exact) mass is 376 g/mol. The molecule has 0 heterocycles. The Labute approximate surface area is 120 Å². The van der Waals surface area contributed by atoms with E-state index in [9.17, 15) is 26.4 Å². The first-order chi connectivity index (χ1) is 8.98. The fourth-order valence-corrected chi connectivity index (χ4v) is 2.49. The molecule has 0 aliphatic heterocycles. The van der Waals surface area contributed by atoms with Crippen molar-refractivity contribution in [2.24, 2.45) is 0 Å². The minimum absolute atomic E-state index is 0.188. The highest BCUT2D eigenvalue weighted by Gasteiger charge is 2.29. The third kappa shape index (κ3) is 5.75. The first-order valence-electron chi connectivity index (χ1n) is 4.86. The van der Waals surface area contributed by atoms with E-state index in [1.54, 1.807) is 4.72 Å². The molecule has 0 unspecified atom stereocenters. The van der Waals surface area contributed by atoms with Crippen molar-refractivity contribution in [1.29, 1.82) is 0 Å². The van der Waals surface area contributed by atoms with Crippen molar-refractivity contribution in [2.45, 2.75) is 6.18 Å². The summed E-state index contributed by atoms with van der Waals surface area (Å²) in [5.74, 6) is -1.31. The summed E-state index contributed by atoms with van der Waals surface area (Å²) in [6.45, 7) is -1.73. The number of benzene rings is 1. The number of hydrogen-bond acceptors (Lipinski definition) is 3. The van der Waals surface area contributed by atoms with Gasteiger partial charge in [-0.1, -0.05) is 15.9 Å². The van der Waals surface area contributed by atoms with Crippen molar-refractivity contribution in [3.05, 3.63) is 28.2 Å². The van der Waals surface area contributed by atoms with Gasteiger partial charge in [0, 0.05) is 4.47 Å². The number of carbonyl (C=O) groups is 1. The fourth-order valence-electron chi connectivity index (χ4n) is 1.14. The Morgan fingerprint density at radius 1 is 1.30 bits per heavy atom. The Hall–Kier alpha value is -1.33. The molecular formula is C9H8BrF3N2O4S. The van der Waals surface area contributed by atoms with Crippen LogP contribution in [0.5, 0.6) is 0 Å². The van der Waals surface area contributed by atoms with Gasteiger partial charge < -0.3 is 5.11 Å². The zero-order chi connectivity index (χ0) is 15.6. The van der Waals surface area contributed by atoms with Crippen molar-refractivity contribution in [3.8, 4) is 0 Å². The number of carboxylic acids is 1. The van der Waals surface area contributed by atoms with Gasteiger partial charge in [-0.3, -0.25) is 4.72 Å². The summed E-state index contributed by atoms with van der Waals surface area (Å²) in [4.78, 5) is 10.8. The van der Waals surface area contributed by atoms with Crippen LogP contribution in [0, 0.1) is 0 Å². The Bertz CT molecular complexity index is 618. The average molecular weight is 377 g/mol. The molecule has 1 rings (SSSR count). The van der Waals surface area contributed by atoms with Crippen molar-refractivity contribution in [1.82, 2.24) is 4.72 Å². The van der Waals surface area contributed by atoms with Crippen LogP contribution in [0.15, 0.2) is 22.7 Å². The zero-order valence-electron chi connectivity index (χ0n) is 9.53. The number of hydrogen-bond donors (Lipinski definition) is 3. The van der Waals surface area contributed by atoms with E-state index in [-0.39, 0.29) is 15.7 Å². The lowest BCUT2D eigenvalue weighted by Gasteiger charge is -2.11. The van der Waals surface area contributed by atoms with Crippen LogP contribution in [0.25, 0.3) is 0 Å². The molecule has 0 amide bonds. The predicted octanol–water partition coefficient (Wildman–Crippen LogP) is 1.96. The van der Waals surface area contributed by atoms with E-state index in [4.69, 9.17) is 5.11 Å². The molecule has 0 aromatic heterocycles. The maximum absolute atomic E-state index is 11.9. The normalized spacial score (nSPS) is 12.2. The van der Waals surface area contributed by atoms with Crippen LogP contribution in [0.1, 0.15) is 10.4 Å². The van der Waals surface area contributed by atoms with Gasteiger partial charge in [0.05, 0.1) is 11.3 Å². The van der Waals surface area contributed by atoms with Crippen molar-refractivity contribution >= 4 is 37.8 Å². The molecule has 0 aliphatic rings. The van der Waals surface area contributed by atoms with E-state index < -0.39 is 28.9 Å². The SMILES string of the molecule is O=C(O)c1cc(Br)cc(NS(=O)(=O)NCC(F)(F)F)c1. The summed E-state index contributed by atoms with van der Waals surface area (Å²) >= 11 is 2.96. The van der Waals surface area contributed by atoms with E-state index in [2.05, 4.69) is 15.9 Å². The molecule has 0 spiro atoms. The predicted molar refractivity (Wildman–Crippen MR) is 67.7 cm³/mol. The molecule has 6 nitrogen and oxygen atoms in total.